The molecule has 84 valence electrons. The number of rotatable bonds is 5. The van der Waals surface area contributed by atoms with Crippen LogP contribution in [0.2, 0.25) is 0 Å². The monoisotopic (exact) mass is 198 g/mol. The van der Waals surface area contributed by atoms with Crippen molar-refractivity contribution in [3.63, 3.8) is 0 Å². The first-order valence-corrected chi connectivity index (χ1v) is 6.39. The van der Waals surface area contributed by atoms with E-state index in [1.165, 1.54) is 38.5 Å². The lowest BCUT2D eigenvalue weighted by Gasteiger charge is -2.32. The fraction of sp³-hybridized carbons (Fsp3) is 1.00. The van der Waals surface area contributed by atoms with Crippen LogP contribution in [0.5, 0.6) is 0 Å². The highest BCUT2D eigenvalue weighted by atomic mass is 16.5. The van der Waals surface area contributed by atoms with Gasteiger partial charge in [0.25, 0.3) is 0 Å². The summed E-state index contributed by atoms with van der Waals surface area (Å²) in [4.78, 5) is 0. The Kier molecular flexibility index (Phi) is 5.54. The molecule has 1 heteroatoms. The minimum absolute atomic E-state index is 0.568. The van der Waals surface area contributed by atoms with Crippen molar-refractivity contribution < 1.29 is 4.74 Å². The normalized spacial score (nSPS) is 30.2. The van der Waals surface area contributed by atoms with Crippen LogP contribution in [0, 0.1) is 11.8 Å². The summed E-state index contributed by atoms with van der Waals surface area (Å²) < 4.78 is 5.74. The van der Waals surface area contributed by atoms with Crippen molar-refractivity contribution in [1.29, 1.82) is 0 Å². The maximum Gasteiger partial charge on any atom is 0.0577 e. The fourth-order valence-electron chi connectivity index (χ4n) is 2.78. The third kappa shape index (κ3) is 3.61. The van der Waals surface area contributed by atoms with Crippen molar-refractivity contribution in [2.75, 3.05) is 6.61 Å². The quantitative estimate of drug-likeness (QED) is 0.648. The van der Waals surface area contributed by atoms with Gasteiger partial charge in [-0.3, -0.25) is 0 Å². The smallest absolute Gasteiger partial charge is 0.0577 e. The van der Waals surface area contributed by atoms with Gasteiger partial charge in [-0.2, -0.15) is 0 Å². The number of ether oxygens (including phenoxy) is 1. The molecule has 0 aromatic carbocycles. The maximum atomic E-state index is 5.74. The molecule has 0 spiro atoms. The number of hydrogen-bond donors (Lipinski definition) is 0. The zero-order valence-electron chi connectivity index (χ0n) is 10.1. The predicted molar refractivity (Wildman–Crippen MR) is 61.4 cm³/mol. The van der Waals surface area contributed by atoms with Gasteiger partial charge in [0, 0.05) is 6.61 Å². The largest absolute Gasteiger partial charge is 0.378 e. The second-order valence-electron chi connectivity index (χ2n) is 4.77. The highest BCUT2D eigenvalue weighted by Crippen LogP contribution is 2.33. The van der Waals surface area contributed by atoms with E-state index in [1.54, 1.807) is 0 Å². The molecule has 0 aromatic rings. The molecule has 0 heterocycles. The molecule has 0 amide bonds. The minimum Gasteiger partial charge on any atom is -0.378 e. The molecule has 0 aliphatic heterocycles. The van der Waals surface area contributed by atoms with E-state index in [0.29, 0.717) is 6.10 Å². The Labute approximate surface area is 89.2 Å². The van der Waals surface area contributed by atoms with Gasteiger partial charge in [0.05, 0.1) is 6.10 Å². The van der Waals surface area contributed by atoms with Crippen molar-refractivity contribution in [3.05, 3.63) is 0 Å². The molecule has 1 fully saturated rings. The van der Waals surface area contributed by atoms with E-state index < -0.39 is 0 Å². The average Bonchev–Trinajstić information content (AvgIpc) is 2.19. The Hall–Kier alpha value is -0.0400. The first kappa shape index (κ1) is 12.0. The van der Waals surface area contributed by atoms with Crippen molar-refractivity contribution in [2.45, 2.75) is 65.4 Å². The lowest BCUT2D eigenvalue weighted by Crippen LogP contribution is -2.26. The van der Waals surface area contributed by atoms with Crippen molar-refractivity contribution in [2.24, 2.45) is 11.8 Å². The zero-order valence-corrected chi connectivity index (χ0v) is 10.1. The van der Waals surface area contributed by atoms with Gasteiger partial charge in [0.15, 0.2) is 0 Å². The van der Waals surface area contributed by atoms with Gasteiger partial charge in [-0.05, 0) is 31.6 Å². The maximum absolute atomic E-state index is 5.74. The summed E-state index contributed by atoms with van der Waals surface area (Å²) in [6, 6.07) is 0. The molecule has 0 N–H and O–H groups in total. The molecular weight excluding hydrogens is 172 g/mol. The van der Waals surface area contributed by atoms with Crippen LogP contribution in [0.25, 0.3) is 0 Å². The van der Waals surface area contributed by atoms with Gasteiger partial charge >= 0.3 is 0 Å². The van der Waals surface area contributed by atoms with Gasteiger partial charge in [-0.1, -0.05) is 39.5 Å². The van der Waals surface area contributed by atoms with Crippen LogP contribution < -0.4 is 0 Å². The van der Waals surface area contributed by atoms with Gasteiger partial charge < -0.3 is 4.74 Å². The van der Waals surface area contributed by atoms with Gasteiger partial charge in [-0.25, -0.2) is 0 Å². The third-order valence-corrected chi connectivity index (χ3v) is 3.62. The molecule has 3 atom stereocenters. The molecular formula is C13H26O. The topological polar surface area (TPSA) is 9.23 Å². The van der Waals surface area contributed by atoms with E-state index in [4.69, 9.17) is 4.74 Å². The Morgan fingerprint density at radius 3 is 2.71 bits per heavy atom. The summed E-state index contributed by atoms with van der Waals surface area (Å²) in [5.74, 6) is 1.84. The predicted octanol–water partition coefficient (Wildman–Crippen LogP) is 4.02. The van der Waals surface area contributed by atoms with Gasteiger partial charge in [-0.15, -0.1) is 0 Å². The first-order chi connectivity index (χ1) is 6.77. The van der Waals surface area contributed by atoms with Crippen molar-refractivity contribution >= 4 is 0 Å². The molecule has 1 saturated carbocycles. The van der Waals surface area contributed by atoms with Crippen molar-refractivity contribution in [3.8, 4) is 0 Å². The molecule has 1 aliphatic carbocycles. The molecule has 1 aliphatic rings. The third-order valence-electron chi connectivity index (χ3n) is 3.62. The summed E-state index contributed by atoms with van der Waals surface area (Å²) in [6.07, 6.45) is 8.71. The molecule has 0 aromatic heterocycles. The van der Waals surface area contributed by atoms with E-state index in [-0.39, 0.29) is 0 Å². The Balaban J connectivity index is 2.31. The second kappa shape index (κ2) is 6.44. The van der Waals surface area contributed by atoms with Crippen LogP contribution in [-0.4, -0.2) is 12.7 Å². The van der Waals surface area contributed by atoms with Crippen LogP contribution in [0.4, 0.5) is 0 Å². The van der Waals surface area contributed by atoms with Crippen LogP contribution >= 0.6 is 0 Å². The lowest BCUT2D eigenvalue weighted by atomic mass is 9.78. The summed E-state index contributed by atoms with van der Waals surface area (Å²) in [6.45, 7) is 7.71. The molecule has 0 saturated heterocycles. The van der Waals surface area contributed by atoms with E-state index in [9.17, 15) is 0 Å². The molecule has 3 unspecified atom stereocenters. The molecule has 1 rings (SSSR count). The van der Waals surface area contributed by atoms with Gasteiger partial charge in [0.1, 0.15) is 0 Å². The Morgan fingerprint density at radius 2 is 2.07 bits per heavy atom. The SMILES string of the molecule is CCCC(C)C1CCCC(OCC)C1. The summed E-state index contributed by atoms with van der Waals surface area (Å²) in [7, 11) is 0. The van der Waals surface area contributed by atoms with E-state index in [2.05, 4.69) is 20.8 Å². The standard InChI is InChI=1S/C13H26O/c1-4-7-11(3)12-8-6-9-13(10-12)14-5-2/h11-13H,4-10H2,1-3H3. The van der Waals surface area contributed by atoms with Crippen LogP contribution in [0.3, 0.4) is 0 Å². The summed E-state index contributed by atoms with van der Waals surface area (Å²) in [5.41, 5.74) is 0. The summed E-state index contributed by atoms with van der Waals surface area (Å²) >= 11 is 0. The molecule has 1 nitrogen and oxygen atoms in total. The lowest BCUT2D eigenvalue weighted by molar-refractivity contribution is 0.0106. The average molecular weight is 198 g/mol. The van der Waals surface area contributed by atoms with Crippen LogP contribution in [0.1, 0.15) is 59.3 Å². The molecule has 0 radical (unpaired) electrons. The van der Waals surface area contributed by atoms with Crippen molar-refractivity contribution in [1.82, 2.24) is 0 Å². The van der Waals surface area contributed by atoms with Crippen LogP contribution in [-0.2, 0) is 4.74 Å². The van der Waals surface area contributed by atoms with Crippen LogP contribution in [0.15, 0.2) is 0 Å². The van der Waals surface area contributed by atoms with E-state index >= 15 is 0 Å². The Bertz CT molecular complexity index is 138. The zero-order chi connectivity index (χ0) is 10.4. The molecule has 0 bridgehead atoms. The second-order valence-corrected chi connectivity index (χ2v) is 4.77. The highest BCUT2D eigenvalue weighted by molar-refractivity contribution is 4.76. The van der Waals surface area contributed by atoms with E-state index in [0.717, 1.165) is 18.4 Å². The Morgan fingerprint density at radius 1 is 1.29 bits per heavy atom. The fourth-order valence-corrected chi connectivity index (χ4v) is 2.78. The highest BCUT2D eigenvalue weighted by Gasteiger charge is 2.25. The number of hydrogen-bond acceptors (Lipinski definition) is 1. The molecule has 14 heavy (non-hydrogen) atoms. The van der Waals surface area contributed by atoms with Gasteiger partial charge in [0.2, 0.25) is 0 Å². The first-order valence-electron chi connectivity index (χ1n) is 6.39. The van der Waals surface area contributed by atoms with E-state index in [1.807, 2.05) is 0 Å². The minimum atomic E-state index is 0.568. The summed E-state index contributed by atoms with van der Waals surface area (Å²) in [5, 5.41) is 0.